The predicted octanol–water partition coefficient (Wildman–Crippen LogP) is 1.74. The molecular weight excluding hydrogens is 268 g/mol. The van der Waals surface area contributed by atoms with Crippen molar-refractivity contribution in [2.75, 3.05) is 18.9 Å². The zero-order chi connectivity index (χ0) is 14.7. The molecular formula is C15H16N4O2. The molecule has 3 rings (SSSR count). The van der Waals surface area contributed by atoms with Gasteiger partial charge < -0.3 is 15.6 Å². The van der Waals surface area contributed by atoms with Gasteiger partial charge in [-0.2, -0.15) is 0 Å². The summed E-state index contributed by atoms with van der Waals surface area (Å²) in [6.45, 7) is 0.548. The number of nitrogens with zero attached hydrogens (tertiary/aromatic N) is 3. The Balaban J connectivity index is 1.98. The lowest BCUT2D eigenvalue weighted by atomic mass is 10.2. The van der Waals surface area contributed by atoms with Gasteiger partial charge in [0.25, 0.3) is 0 Å². The standard InChI is InChI=1S/C15H16N4O2/c16-12-6-4-11(5-7-12)14-17-18-15-13(21-10-2-9-20)3-1-8-19(14)15/h1,3-8,20H,2,9-10,16H2. The fourth-order valence-corrected chi connectivity index (χ4v) is 2.08. The van der Waals surface area contributed by atoms with Crippen LogP contribution >= 0.6 is 0 Å². The number of aliphatic hydroxyl groups excluding tert-OH is 1. The molecule has 2 aromatic heterocycles. The van der Waals surface area contributed by atoms with Gasteiger partial charge >= 0.3 is 0 Å². The molecule has 0 aliphatic carbocycles. The Bertz CT molecular complexity index is 737. The zero-order valence-corrected chi connectivity index (χ0v) is 11.4. The molecule has 0 amide bonds. The van der Waals surface area contributed by atoms with Gasteiger partial charge in [0.2, 0.25) is 5.65 Å². The molecule has 21 heavy (non-hydrogen) atoms. The number of anilines is 1. The number of hydrogen-bond donors (Lipinski definition) is 2. The Hall–Kier alpha value is -2.60. The summed E-state index contributed by atoms with van der Waals surface area (Å²) in [6, 6.07) is 11.2. The number of fused-ring (bicyclic) bond motifs is 1. The van der Waals surface area contributed by atoms with Gasteiger partial charge in [0.1, 0.15) is 0 Å². The van der Waals surface area contributed by atoms with E-state index in [2.05, 4.69) is 10.2 Å². The number of nitrogens with two attached hydrogens (primary N) is 1. The van der Waals surface area contributed by atoms with Crippen LogP contribution in [0.4, 0.5) is 5.69 Å². The Morgan fingerprint density at radius 2 is 1.95 bits per heavy atom. The van der Waals surface area contributed by atoms with E-state index in [9.17, 15) is 0 Å². The Kier molecular flexibility index (Phi) is 3.70. The number of rotatable bonds is 5. The summed E-state index contributed by atoms with van der Waals surface area (Å²) in [5.41, 5.74) is 8.00. The van der Waals surface area contributed by atoms with Gasteiger partial charge in [-0.25, -0.2) is 0 Å². The minimum Gasteiger partial charge on any atom is -0.490 e. The molecule has 0 saturated carbocycles. The van der Waals surface area contributed by atoms with Gasteiger partial charge in [-0.3, -0.25) is 4.40 Å². The van der Waals surface area contributed by atoms with Crippen molar-refractivity contribution in [2.45, 2.75) is 6.42 Å². The van der Waals surface area contributed by atoms with Crippen molar-refractivity contribution in [3.05, 3.63) is 42.6 Å². The number of aliphatic hydroxyl groups is 1. The van der Waals surface area contributed by atoms with Crippen LogP contribution in [0.15, 0.2) is 42.6 Å². The number of pyridine rings is 1. The molecule has 0 unspecified atom stereocenters. The largest absolute Gasteiger partial charge is 0.490 e. The Morgan fingerprint density at radius 1 is 1.14 bits per heavy atom. The van der Waals surface area contributed by atoms with Crippen molar-refractivity contribution in [3.8, 4) is 17.1 Å². The van der Waals surface area contributed by atoms with Crippen molar-refractivity contribution in [1.29, 1.82) is 0 Å². The molecule has 0 spiro atoms. The summed E-state index contributed by atoms with van der Waals surface area (Å²) < 4.78 is 7.50. The van der Waals surface area contributed by atoms with Crippen molar-refractivity contribution in [1.82, 2.24) is 14.6 Å². The van der Waals surface area contributed by atoms with E-state index in [1.807, 2.05) is 47.0 Å². The summed E-state index contributed by atoms with van der Waals surface area (Å²) in [4.78, 5) is 0. The lowest BCUT2D eigenvalue weighted by Crippen LogP contribution is -2.01. The highest BCUT2D eigenvalue weighted by Crippen LogP contribution is 2.24. The molecule has 0 fully saturated rings. The first-order chi connectivity index (χ1) is 10.3. The second-order valence-corrected chi connectivity index (χ2v) is 4.64. The van der Waals surface area contributed by atoms with Crippen LogP contribution in [0.1, 0.15) is 6.42 Å². The molecule has 108 valence electrons. The average molecular weight is 284 g/mol. The smallest absolute Gasteiger partial charge is 0.203 e. The van der Waals surface area contributed by atoms with E-state index in [0.717, 1.165) is 11.4 Å². The van der Waals surface area contributed by atoms with Crippen LogP contribution < -0.4 is 10.5 Å². The van der Waals surface area contributed by atoms with Crippen LogP contribution in [0.5, 0.6) is 5.75 Å². The molecule has 1 aromatic carbocycles. The van der Waals surface area contributed by atoms with Gasteiger partial charge in [0, 0.05) is 30.5 Å². The Morgan fingerprint density at radius 3 is 2.71 bits per heavy atom. The molecule has 0 atom stereocenters. The van der Waals surface area contributed by atoms with Crippen LogP contribution in [0.3, 0.4) is 0 Å². The maximum absolute atomic E-state index is 8.81. The summed E-state index contributed by atoms with van der Waals surface area (Å²) in [5, 5.41) is 17.2. The van der Waals surface area contributed by atoms with Crippen molar-refractivity contribution in [3.63, 3.8) is 0 Å². The number of ether oxygens (including phenoxy) is 1. The SMILES string of the molecule is Nc1ccc(-c2nnc3c(OCCCO)cccn23)cc1. The number of aromatic nitrogens is 3. The molecule has 6 heteroatoms. The van der Waals surface area contributed by atoms with Crippen molar-refractivity contribution >= 4 is 11.3 Å². The molecule has 3 N–H and O–H groups in total. The fraction of sp³-hybridized carbons (Fsp3) is 0.200. The minimum atomic E-state index is 0.104. The van der Waals surface area contributed by atoms with E-state index >= 15 is 0 Å². The maximum atomic E-state index is 8.81. The van der Waals surface area contributed by atoms with Gasteiger partial charge in [0.05, 0.1) is 6.61 Å². The van der Waals surface area contributed by atoms with Crippen molar-refractivity contribution in [2.24, 2.45) is 0 Å². The molecule has 3 aromatic rings. The third kappa shape index (κ3) is 2.66. The fourth-order valence-electron chi connectivity index (χ4n) is 2.08. The lowest BCUT2D eigenvalue weighted by molar-refractivity contribution is 0.234. The van der Waals surface area contributed by atoms with E-state index in [0.29, 0.717) is 30.1 Å². The van der Waals surface area contributed by atoms with E-state index < -0.39 is 0 Å². The molecule has 0 radical (unpaired) electrons. The lowest BCUT2D eigenvalue weighted by Gasteiger charge is -2.06. The first kappa shape index (κ1) is 13.4. The van der Waals surface area contributed by atoms with Gasteiger partial charge in [-0.1, -0.05) is 0 Å². The van der Waals surface area contributed by atoms with E-state index in [1.165, 1.54) is 0 Å². The Labute approximate surface area is 121 Å². The third-order valence-corrected chi connectivity index (χ3v) is 3.13. The van der Waals surface area contributed by atoms with Crippen LogP contribution in [0, 0.1) is 0 Å². The first-order valence-corrected chi connectivity index (χ1v) is 6.73. The van der Waals surface area contributed by atoms with E-state index in [1.54, 1.807) is 0 Å². The monoisotopic (exact) mass is 284 g/mol. The first-order valence-electron chi connectivity index (χ1n) is 6.73. The quantitative estimate of drug-likeness (QED) is 0.550. The highest BCUT2D eigenvalue weighted by molar-refractivity contribution is 5.64. The van der Waals surface area contributed by atoms with E-state index in [4.69, 9.17) is 15.6 Å². The molecule has 2 heterocycles. The topological polar surface area (TPSA) is 85.7 Å². The summed E-state index contributed by atoms with van der Waals surface area (Å²) in [7, 11) is 0. The molecule has 6 nitrogen and oxygen atoms in total. The second kappa shape index (κ2) is 5.80. The van der Waals surface area contributed by atoms with Gasteiger partial charge in [-0.05, 0) is 36.4 Å². The van der Waals surface area contributed by atoms with E-state index in [-0.39, 0.29) is 6.61 Å². The molecule has 0 aliphatic rings. The van der Waals surface area contributed by atoms with Crippen molar-refractivity contribution < 1.29 is 9.84 Å². The maximum Gasteiger partial charge on any atom is 0.203 e. The summed E-state index contributed by atoms with van der Waals surface area (Å²) in [6.07, 6.45) is 2.47. The van der Waals surface area contributed by atoms with Crippen LogP contribution in [0.25, 0.3) is 17.0 Å². The van der Waals surface area contributed by atoms with Crippen LogP contribution in [-0.2, 0) is 0 Å². The second-order valence-electron chi connectivity index (χ2n) is 4.64. The molecule has 0 bridgehead atoms. The molecule has 0 aliphatic heterocycles. The summed E-state index contributed by atoms with van der Waals surface area (Å²) >= 11 is 0. The zero-order valence-electron chi connectivity index (χ0n) is 11.4. The molecule has 0 saturated heterocycles. The van der Waals surface area contributed by atoms with Crippen LogP contribution in [-0.4, -0.2) is 32.9 Å². The highest BCUT2D eigenvalue weighted by atomic mass is 16.5. The van der Waals surface area contributed by atoms with Gasteiger partial charge in [-0.15, -0.1) is 10.2 Å². The minimum absolute atomic E-state index is 0.104. The predicted molar refractivity (Wildman–Crippen MR) is 80.0 cm³/mol. The van der Waals surface area contributed by atoms with Crippen LogP contribution in [0.2, 0.25) is 0 Å². The normalized spacial score (nSPS) is 10.9. The summed E-state index contributed by atoms with van der Waals surface area (Å²) in [5.74, 6) is 1.39. The highest BCUT2D eigenvalue weighted by Gasteiger charge is 2.11. The third-order valence-electron chi connectivity index (χ3n) is 3.13. The number of benzene rings is 1. The number of nitrogen functional groups attached to an aromatic ring is 1. The van der Waals surface area contributed by atoms with Gasteiger partial charge in [0.15, 0.2) is 11.6 Å². The average Bonchev–Trinajstić information content (AvgIpc) is 2.93. The number of hydrogen-bond acceptors (Lipinski definition) is 5.